The molecule has 2 nitrogen and oxygen atoms in total. The summed E-state index contributed by atoms with van der Waals surface area (Å²) >= 11 is 0. The van der Waals surface area contributed by atoms with Crippen LogP contribution >= 0.6 is 0 Å². The Morgan fingerprint density at radius 3 is 2.65 bits per heavy atom. The molecule has 94 valence electrons. The van der Waals surface area contributed by atoms with E-state index in [1.165, 1.54) is 11.1 Å². The molecule has 0 amide bonds. The van der Waals surface area contributed by atoms with Crippen molar-refractivity contribution in [1.82, 2.24) is 0 Å². The van der Waals surface area contributed by atoms with Crippen molar-refractivity contribution >= 4 is 5.57 Å². The molecule has 2 heteroatoms. The number of unbranched alkanes of at least 4 members (excludes halogenated alkanes) is 1. The molecule has 0 unspecified atom stereocenters. The van der Waals surface area contributed by atoms with Crippen molar-refractivity contribution in [3.63, 3.8) is 0 Å². The van der Waals surface area contributed by atoms with Crippen LogP contribution in [0.15, 0.2) is 30.3 Å². The summed E-state index contributed by atoms with van der Waals surface area (Å²) in [4.78, 5) is 0. The van der Waals surface area contributed by atoms with Crippen LogP contribution in [0.25, 0.3) is 5.57 Å². The minimum Gasteiger partial charge on any atom is -0.496 e. The summed E-state index contributed by atoms with van der Waals surface area (Å²) in [7, 11) is 1.72. The van der Waals surface area contributed by atoms with Crippen molar-refractivity contribution in [1.29, 1.82) is 0 Å². The van der Waals surface area contributed by atoms with E-state index >= 15 is 0 Å². The van der Waals surface area contributed by atoms with Gasteiger partial charge in [0, 0.05) is 5.56 Å². The number of ether oxygens (including phenoxy) is 1. The Hall–Kier alpha value is -1.28. The molecule has 0 radical (unpaired) electrons. The number of hydrogen-bond donors (Lipinski definition) is 1. The molecular formula is C15H23NO. The Balaban J connectivity index is 3.01. The monoisotopic (exact) mass is 233 g/mol. The Bertz CT molecular complexity index is 369. The van der Waals surface area contributed by atoms with Crippen LogP contribution in [0.3, 0.4) is 0 Å². The summed E-state index contributed by atoms with van der Waals surface area (Å²) < 4.78 is 5.42. The molecule has 1 aromatic carbocycles. The molecule has 0 fully saturated rings. The van der Waals surface area contributed by atoms with E-state index in [0.717, 1.165) is 25.1 Å². The second kappa shape index (κ2) is 7.13. The van der Waals surface area contributed by atoms with Gasteiger partial charge in [-0.15, -0.1) is 0 Å². The molecule has 0 aliphatic carbocycles. The fourth-order valence-electron chi connectivity index (χ4n) is 1.92. The van der Waals surface area contributed by atoms with Gasteiger partial charge in [0.05, 0.1) is 7.11 Å². The number of nitrogens with two attached hydrogens (primary N) is 1. The van der Waals surface area contributed by atoms with Crippen LogP contribution < -0.4 is 10.5 Å². The van der Waals surface area contributed by atoms with Gasteiger partial charge in [-0.2, -0.15) is 0 Å². The maximum Gasteiger partial charge on any atom is 0.126 e. The quantitative estimate of drug-likeness (QED) is 0.763. The molecule has 17 heavy (non-hydrogen) atoms. The van der Waals surface area contributed by atoms with Gasteiger partial charge in [-0.3, -0.25) is 0 Å². The summed E-state index contributed by atoms with van der Waals surface area (Å²) in [5.41, 5.74) is 8.07. The highest BCUT2D eigenvalue weighted by atomic mass is 16.5. The largest absolute Gasteiger partial charge is 0.496 e. The molecule has 0 spiro atoms. The number of hydrogen-bond acceptors (Lipinski definition) is 2. The maximum absolute atomic E-state index is 5.53. The Morgan fingerprint density at radius 1 is 1.35 bits per heavy atom. The number of rotatable bonds is 6. The Labute approximate surface area is 104 Å². The average Bonchev–Trinajstić information content (AvgIpc) is 2.34. The van der Waals surface area contributed by atoms with E-state index in [9.17, 15) is 0 Å². The molecule has 0 aromatic heterocycles. The first-order valence-electron chi connectivity index (χ1n) is 6.24. The lowest BCUT2D eigenvalue weighted by atomic mass is 9.93. The minimum absolute atomic E-state index is 0.490. The number of methoxy groups -OCH3 is 1. The van der Waals surface area contributed by atoms with Crippen molar-refractivity contribution < 1.29 is 4.74 Å². The van der Waals surface area contributed by atoms with Crippen molar-refractivity contribution in [2.45, 2.75) is 26.7 Å². The average molecular weight is 233 g/mol. The second-order valence-corrected chi connectivity index (χ2v) is 4.45. The third-order valence-corrected chi connectivity index (χ3v) is 2.81. The predicted molar refractivity (Wildman–Crippen MR) is 74.1 cm³/mol. The SMILES string of the molecule is COc1ccccc1/C(=C/CCCN)C(C)C. The first kappa shape index (κ1) is 13.8. The van der Waals surface area contributed by atoms with Gasteiger partial charge in [-0.25, -0.2) is 0 Å². The van der Waals surface area contributed by atoms with Crippen molar-refractivity contribution in [2.24, 2.45) is 11.7 Å². The molecule has 0 atom stereocenters. The fourth-order valence-corrected chi connectivity index (χ4v) is 1.92. The normalized spacial score (nSPS) is 11.9. The predicted octanol–water partition coefficient (Wildman–Crippen LogP) is 3.47. The lowest BCUT2D eigenvalue weighted by Crippen LogP contribution is -2.00. The van der Waals surface area contributed by atoms with E-state index in [-0.39, 0.29) is 0 Å². The van der Waals surface area contributed by atoms with Crippen LogP contribution in [0.5, 0.6) is 5.75 Å². The van der Waals surface area contributed by atoms with E-state index in [2.05, 4.69) is 32.1 Å². The van der Waals surface area contributed by atoms with Gasteiger partial charge in [0.1, 0.15) is 5.75 Å². The molecule has 1 aromatic rings. The van der Waals surface area contributed by atoms with Gasteiger partial charge < -0.3 is 10.5 Å². The summed E-state index contributed by atoms with van der Waals surface area (Å²) in [6.45, 7) is 5.16. The van der Waals surface area contributed by atoms with Crippen LogP contribution in [-0.2, 0) is 0 Å². The smallest absolute Gasteiger partial charge is 0.126 e. The number of para-hydroxylation sites is 1. The highest BCUT2D eigenvalue weighted by Crippen LogP contribution is 2.31. The molecule has 0 aliphatic rings. The zero-order chi connectivity index (χ0) is 12.7. The summed E-state index contributed by atoms with van der Waals surface area (Å²) in [5.74, 6) is 1.43. The highest BCUT2D eigenvalue weighted by Gasteiger charge is 2.10. The molecule has 1 rings (SSSR count). The zero-order valence-electron chi connectivity index (χ0n) is 11.1. The van der Waals surface area contributed by atoms with Crippen LogP contribution in [-0.4, -0.2) is 13.7 Å². The van der Waals surface area contributed by atoms with Crippen molar-refractivity contribution in [3.8, 4) is 5.75 Å². The van der Waals surface area contributed by atoms with Gasteiger partial charge in [-0.05, 0) is 36.9 Å². The minimum atomic E-state index is 0.490. The van der Waals surface area contributed by atoms with Crippen LogP contribution in [0.1, 0.15) is 32.3 Å². The van der Waals surface area contributed by atoms with Gasteiger partial charge in [0.15, 0.2) is 0 Å². The van der Waals surface area contributed by atoms with E-state index in [4.69, 9.17) is 10.5 Å². The lowest BCUT2D eigenvalue weighted by Gasteiger charge is -2.15. The van der Waals surface area contributed by atoms with Crippen LogP contribution in [0.4, 0.5) is 0 Å². The van der Waals surface area contributed by atoms with E-state index < -0.39 is 0 Å². The van der Waals surface area contributed by atoms with Crippen molar-refractivity contribution in [3.05, 3.63) is 35.9 Å². The lowest BCUT2D eigenvalue weighted by molar-refractivity contribution is 0.413. The molecule has 0 saturated carbocycles. The van der Waals surface area contributed by atoms with E-state index in [0.29, 0.717) is 5.92 Å². The molecular weight excluding hydrogens is 210 g/mol. The summed E-state index contributed by atoms with van der Waals surface area (Å²) in [6.07, 6.45) is 4.35. The third kappa shape index (κ3) is 3.90. The molecule has 0 saturated heterocycles. The molecule has 0 aliphatic heterocycles. The summed E-state index contributed by atoms with van der Waals surface area (Å²) in [6, 6.07) is 8.18. The van der Waals surface area contributed by atoms with Crippen molar-refractivity contribution in [2.75, 3.05) is 13.7 Å². The highest BCUT2D eigenvalue weighted by molar-refractivity contribution is 5.71. The number of benzene rings is 1. The van der Waals surface area contributed by atoms with Gasteiger partial charge in [0.2, 0.25) is 0 Å². The Morgan fingerprint density at radius 2 is 2.06 bits per heavy atom. The Kier molecular flexibility index (Phi) is 5.78. The first-order valence-corrected chi connectivity index (χ1v) is 6.24. The third-order valence-electron chi connectivity index (χ3n) is 2.81. The maximum atomic E-state index is 5.53. The van der Waals surface area contributed by atoms with E-state index in [1.54, 1.807) is 7.11 Å². The molecule has 0 heterocycles. The zero-order valence-corrected chi connectivity index (χ0v) is 11.1. The standard InChI is InChI=1S/C15H23NO/c1-12(2)13(8-6-7-11-16)14-9-4-5-10-15(14)17-3/h4-5,8-10,12H,6-7,11,16H2,1-3H3/b13-8+. The van der Waals surface area contributed by atoms with Gasteiger partial charge >= 0.3 is 0 Å². The topological polar surface area (TPSA) is 35.2 Å². The summed E-state index contributed by atoms with van der Waals surface area (Å²) in [5, 5.41) is 0. The van der Waals surface area contributed by atoms with Crippen LogP contribution in [0, 0.1) is 5.92 Å². The van der Waals surface area contributed by atoms with Gasteiger partial charge in [0.25, 0.3) is 0 Å². The first-order chi connectivity index (χ1) is 8.20. The van der Waals surface area contributed by atoms with Crippen LogP contribution in [0.2, 0.25) is 0 Å². The fraction of sp³-hybridized carbons (Fsp3) is 0.467. The van der Waals surface area contributed by atoms with E-state index in [1.807, 2.05) is 12.1 Å². The second-order valence-electron chi connectivity index (χ2n) is 4.45. The molecule has 2 N–H and O–H groups in total. The molecule has 0 bridgehead atoms. The number of allylic oxidation sites excluding steroid dienone is 2. The van der Waals surface area contributed by atoms with Gasteiger partial charge in [-0.1, -0.05) is 38.1 Å².